The molecule has 0 bridgehead atoms. The van der Waals surface area contributed by atoms with Gasteiger partial charge in [0, 0.05) is 16.7 Å². The summed E-state index contributed by atoms with van der Waals surface area (Å²) in [7, 11) is 0. The van der Waals surface area contributed by atoms with Crippen LogP contribution in [0.5, 0.6) is 0 Å². The van der Waals surface area contributed by atoms with Crippen molar-refractivity contribution < 1.29 is 4.79 Å². The van der Waals surface area contributed by atoms with Crippen LogP contribution in [0.15, 0.2) is 24.3 Å². The maximum absolute atomic E-state index is 11.9. The molecule has 0 saturated carbocycles. The third kappa shape index (κ3) is 3.79. The summed E-state index contributed by atoms with van der Waals surface area (Å²) in [6.45, 7) is 1.95. The topological polar surface area (TPSA) is 41.1 Å². The molecule has 0 radical (unpaired) electrons. The minimum absolute atomic E-state index is 0. The van der Waals surface area contributed by atoms with Crippen LogP contribution in [0.4, 0.5) is 0 Å². The Bertz CT molecular complexity index is 411. The van der Waals surface area contributed by atoms with Gasteiger partial charge in [-0.25, -0.2) is 0 Å². The van der Waals surface area contributed by atoms with E-state index in [4.69, 9.17) is 11.6 Å². The number of nitrogens with one attached hydrogen (secondary N) is 2. The van der Waals surface area contributed by atoms with Crippen molar-refractivity contribution in [3.8, 4) is 0 Å². The first-order valence-corrected chi connectivity index (χ1v) is 7.07. The molecule has 1 heterocycles. The molecule has 6 heteroatoms. The molecular weight excluding hydrogens is 291 g/mol. The van der Waals surface area contributed by atoms with Crippen molar-refractivity contribution in [2.75, 3.05) is 11.6 Å². The monoisotopic (exact) mass is 306 g/mol. The van der Waals surface area contributed by atoms with Gasteiger partial charge in [0.2, 0.25) is 5.91 Å². The number of thioether (sulfide) groups is 1. The van der Waals surface area contributed by atoms with Crippen LogP contribution in [0.1, 0.15) is 18.5 Å². The summed E-state index contributed by atoms with van der Waals surface area (Å²) in [5, 5.41) is 6.81. The highest BCUT2D eigenvalue weighted by atomic mass is 35.5. The average Bonchev–Trinajstić information content (AvgIpc) is 2.82. The van der Waals surface area contributed by atoms with Crippen LogP contribution in [0, 0.1) is 0 Å². The van der Waals surface area contributed by atoms with Crippen LogP contribution in [0.3, 0.4) is 0 Å². The maximum Gasteiger partial charge on any atom is 0.238 e. The van der Waals surface area contributed by atoms with Crippen molar-refractivity contribution in [2.24, 2.45) is 0 Å². The van der Waals surface area contributed by atoms with Crippen molar-refractivity contribution >= 4 is 41.7 Å². The third-order valence-electron chi connectivity index (χ3n) is 2.76. The first kappa shape index (κ1) is 15.6. The molecule has 2 rings (SSSR count). The van der Waals surface area contributed by atoms with Crippen molar-refractivity contribution in [2.45, 2.75) is 19.0 Å². The number of hydrogen-bond acceptors (Lipinski definition) is 3. The summed E-state index contributed by atoms with van der Waals surface area (Å²) in [5.74, 6) is 1.72. The molecule has 1 amide bonds. The number of amides is 1. The molecule has 3 nitrogen and oxygen atoms in total. The van der Waals surface area contributed by atoms with Gasteiger partial charge in [0.15, 0.2) is 0 Å². The van der Waals surface area contributed by atoms with E-state index in [2.05, 4.69) is 10.6 Å². The van der Waals surface area contributed by atoms with Crippen LogP contribution < -0.4 is 10.6 Å². The summed E-state index contributed by atoms with van der Waals surface area (Å²) in [6.07, 6.45) is 0. The summed E-state index contributed by atoms with van der Waals surface area (Å²) in [5.41, 5.74) is 0.952. The molecule has 1 fully saturated rings. The molecule has 1 aromatic rings. The van der Waals surface area contributed by atoms with Gasteiger partial charge in [-0.2, -0.15) is 0 Å². The van der Waals surface area contributed by atoms with Crippen LogP contribution >= 0.6 is 35.8 Å². The number of carbonyl (C=O) groups excluding carboxylic acids is 1. The molecule has 2 N–H and O–H groups in total. The van der Waals surface area contributed by atoms with Gasteiger partial charge in [0.25, 0.3) is 0 Å². The van der Waals surface area contributed by atoms with Gasteiger partial charge in [0.05, 0.1) is 12.1 Å². The van der Waals surface area contributed by atoms with Gasteiger partial charge in [-0.05, 0) is 18.6 Å². The highest BCUT2D eigenvalue weighted by Crippen LogP contribution is 2.22. The molecule has 1 saturated heterocycles. The third-order valence-corrected chi connectivity index (χ3v) is 4.05. The van der Waals surface area contributed by atoms with Gasteiger partial charge in [-0.15, -0.1) is 24.2 Å². The molecule has 0 aliphatic carbocycles. The normalized spacial score (nSPS) is 20.0. The van der Waals surface area contributed by atoms with E-state index in [-0.39, 0.29) is 30.4 Å². The largest absolute Gasteiger partial charge is 0.348 e. The molecule has 18 heavy (non-hydrogen) atoms. The molecule has 1 aliphatic rings. The Balaban J connectivity index is 0.00000162. The van der Waals surface area contributed by atoms with Crippen LogP contribution in [-0.4, -0.2) is 23.6 Å². The predicted octanol–water partition coefficient (Wildman–Crippen LogP) is 2.60. The van der Waals surface area contributed by atoms with Crippen molar-refractivity contribution in [1.82, 2.24) is 10.6 Å². The second-order valence-corrected chi connectivity index (χ2v) is 5.46. The number of halogens is 2. The molecule has 100 valence electrons. The van der Waals surface area contributed by atoms with Crippen LogP contribution in [0.2, 0.25) is 5.02 Å². The number of benzene rings is 1. The molecule has 2 unspecified atom stereocenters. The van der Waals surface area contributed by atoms with Crippen molar-refractivity contribution in [1.29, 1.82) is 0 Å². The molecular formula is C12H16Cl2N2OS. The summed E-state index contributed by atoms with van der Waals surface area (Å²) in [4.78, 5) is 11.9. The van der Waals surface area contributed by atoms with E-state index in [0.717, 1.165) is 17.2 Å². The second kappa shape index (κ2) is 7.24. The Morgan fingerprint density at radius 3 is 2.89 bits per heavy atom. The summed E-state index contributed by atoms with van der Waals surface area (Å²) in [6, 6.07) is 7.43. The lowest BCUT2D eigenvalue weighted by Crippen LogP contribution is -2.42. The van der Waals surface area contributed by atoms with Gasteiger partial charge in [-0.3, -0.25) is 10.1 Å². The summed E-state index contributed by atoms with van der Waals surface area (Å²) >= 11 is 7.83. The minimum atomic E-state index is -0.0788. The SMILES string of the molecule is CC(NC(=O)C1CSCN1)c1ccccc1Cl.Cl. The standard InChI is InChI=1S/C12H15ClN2OS.ClH/c1-8(9-4-2-3-5-10(9)13)15-12(16)11-6-17-7-14-11;/h2-5,8,11,14H,6-7H2,1H3,(H,15,16);1H. The van der Waals surface area contributed by atoms with E-state index in [9.17, 15) is 4.79 Å². The first-order valence-electron chi connectivity index (χ1n) is 5.54. The Kier molecular flexibility index (Phi) is 6.29. The van der Waals surface area contributed by atoms with Gasteiger partial charge in [-0.1, -0.05) is 29.8 Å². The highest BCUT2D eigenvalue weighted by molar-refractivity contribution is 7.99. The Hall–Kier alpha value is -0.420. The number of hydrogen-bond donors (Lipinski definition) is 2. The lowest BCUT2D eigenvalue weighted by atomic mass is 10.1. The van der Waals surface area contributed by atoms with E-state index >= 15 is 0 Å². The minimum Gasteiger partial charge on any atom is -0.348 e. The van der Waals surface area contributed by atoms with Crippen molar-refractivity contribution in [3.63, 3.8) is 0 Å². The molecule has 0 spiro atoms. The zero-order valence-corrected chi connectivity index (χ0v) is 12.4. The zero-order valence-electron chi connectivity index (χ0n) is 9.98. The van der Waals surface area contributed by atoms with E-state index in [1.165, 1.54) is 0 Å². The Morgan fingerprint density at radius 2 is 2.28 bits per heavy atom. The van der Waals surface area contributed by atoms with E-state index < -0.39 is 0 Å². The highest BCUT2D eigenvalue weighted by Gasteiger charge is 2.24. The predicted molar refractivity (Wildman–Crippen MR) is 79.5 cm³/mol. The average molecular weight is 307 g/mol. The fourth-order valence-corrected chi connectivity index (χ4v) is 3.02. The molecule has 2 atom stereocenters. The number of rotatable bonds is 3. The maximum atomic E-state index is 11.9. The van der Waals surface area contributed by atoms with Crippen LogP contribution in [0.25, 0.3) is 0 Å². The van der Waals surface area contributed by atoms with E-state index in [1.807, 2.05) is 31.2 Å². The second-order valence-electron chi connectivity index (χ2n) is 4.02. The van der Waals surface area contributed by atoms with Crippen molar-refractivity contribution in [3.05, 3.63) is 34.9 Å². The fourth-order valence-electron chi connectivity index (χ4n) is 1.78. The Labute approximate surface area is 122 Å². The van der Waals surface area contributed by atoms with E-state index in [0.29, 0.717) is 5.02 Å². The molecule has 1 aromatic carbocycles. The fraction of sp³-hybridized carbons (Fsp3) is 0.417. The number of carbonyl (C=O) groups is 1. The zero-order chi connectivity index (χ0) is 12.3. The first-order chi connectivity index (χ1) is 8.18. The van der Waals surface area contributed by atoms with Gasteiger partial charge in [0.1, 0.15) is 0 Å². The summed E-state index contributed by atoms with van der Waals surface area (Å²) < 4.78 is 0. The lowest BCUT2D eigenvalue weighted by Gasteiger charge is -2.18. The molecule has 1 aliphatic heterocycles. The Morgan fingerprint density at radius 1 is 1.56 bits per heavy atom. The van der Waals surface area contributed by atoms with Gasteiger partial charge >= 0.3 is 0 Å². The van der Waals surface area contributed by atoms with Gasteiger partial charge < -0.3 is 5.32 Å². The quantitative estimate of drug-likeness (QED) is 0.902. The van der Waals surface area contributed by atoms with Crippen LogP contribution in [-0.2, 0) is 4.79 Å². The van der Waals surface area contributed by atoms with E-state index in [1.54, 1.807) is 11.8 Å². The molecule has 0 aromatic heterocycles. The lowest BCUT2D eigenvalue weighted by molar-refractivity contribution is -0.123. The smallest absolute Gasteiger partial charge is 0.238 e.